The van der Waals surface area contributed by atoms with E-state index in [4.69, 9.17) is 9.97 Å². The molecule has 4 aromatic heterocycles. The number of fused-ring (bicyclic) bond motifs is 4. The minimum Gasteiger partial charge on any atom is -0.341 e. The molecule has 4 heterocycles. The lowest BCUT2D eigenvalue weighted by Gasteiger charge is -2.22. The van der Waals surface area contributed by atoms with Gasteiger partial charge in [0, 0.05) is 39.0 Å². The van der Waals surface area contributed by atoms with Crippen LogP contribution in [0.2, 0.25) is 0 Å². The van der Waals surface area contributed by atoms with Crippen LogP contribution in [-0.2, 0) is 5.41 Å². The zero-order valence-corrected chi connectivity index (χ0v) is 28.4. The van der Waals surface area contributed by atoms with Crippen LogP contribution in [0.5, 0.6) is 0 Å². The second-order valence-electron chi connectivity index (χ2n) is 14.1. The molecule has 0 fully saturated rings. The number of nitrogens with one attached hydrogen (secondary N) is 1. The Labute approximate surface area is 291 Å². The van der Waals surface area contributed by atoms with Gasteiger partial charge < -0.3 is 4.98 Å². The van der Waals surface area contributed by atoms with Crippen LogP contribution in [0.25, 0.3) is 83.4 Å². The average molecular weight is 645 g/mol. The number of para-hydroxylation sites is 2. The van der Waals surface area contributed by atoms with Crippen LogP contribution in [-0.4, -0.2) is 19.5 Å². The van der Waals surface area contributed by atoms with Gasteiger partial charge in [-0.15, -0.1) is 0 Å². The molecule has 5 aromatic carbocycles. The molecule has 0 unspecified atom stereocenters. The van der Waals surface area contributed by atoms with Gasteiger partial charge in [-0.1, -0.05) is 112 Å². The molecule has 0 saturated heterocycles. The number of pyridine rings is 2. The predicted octanol–water partition coefficient (Wildman–Crippen LogP) is 12.0. The Balaban J connectivity index is 1.30. The minimum absolute atomic E-state index is 0.00594. The molecular formula is C46H36N4. The Morgan fingerprint density at radius 2 is 1.28 bits per heavy atom. The van der Waals surface area contributed by atoms with Gasteiger partial charge >= 0.3 is 0 Å². The molecule has 4 heteroatoms. The molecule has 0 radical (unpaired) electrons. The SMILES string of the molecule is CC(C)(C)c1ccc(-c2ccccc2)c(-c2cc(-c3ccccn3)cc(-c3ccc4c5ccccc5n(-c5cc6ccccc6[nH]5)c4n3)c2)c1. The standard InChI is InChI=1S/C46H36N4/c1-46(2,3)35-20-21-36(30-13-5-4-6-14-30)39(29-35)32-25-33(40-17-11-12-24-47-40)27-34(26-32)42-23-22-38-37-16-8-10-19-43(37)50(45(38)49-42)44-28-31-15-7-9-18-41(31)48-44/h4-29,48H,1-3H3. The molecule has 1 N–H and O–H groups in total. The van der Waals surface area contributed by atoms with Crippen molar-refractivity contribution in [3.63, 3.8) is 0 Å². The summed E-state index contributed by atoms with van der Waals surface area (Å²) < 4.78 is 2.26. The van der Waals surface area contributed by atoms with E-state index in [-0.39, 0.29) is 5.41 Å². The fraction of sp³-hybridized carbons (Fsp3) is 0.0870. The molecule has 9 aromatic rings. The van der Waals surface area contributed by atoms with Crippen LogP contribution < -0.4 is 0 Å². The van der Waals surface area contributed by atoms with Crippen LogP contribution >= 0.6 is 0 Å². The van der Waals surface area contributed by atoms with E-state index in [0.29, 0.717) is 0 Å². The molecule has 0 bridgehead atoms. The Kier molecular flexibility index (Phi) is 6.99. The van der Waals surface area contributed by atoms with Crippen LogP contribution in [0.3, 0.4) is 0 Å². The first-order valence-corrected chi connectivity index (χ1v) is 17.2. The van der Waals surface area contributed by atoms with Gasteiger partial charge in [0.25, 0.3) is 0 Å². The second-order valence-corrected chi connectivity index (χ2v) is 14.1. The summed E-state index contributed by atoms with van der Waals surface area (Å²) >= 11 is 0. The van der Waals surface area contributed by atoms with Crippen molar-refractivity contribution in [2.75, 3.05) is 0 Å². The van der Waals surface area contributed by atoms with Gasteiger partial charge in [0.15, 0.2) is 0 Å². The van der Waals surface area contributed by atoms with Crippen LogP contribution in [0.1, 0.15) is 26.3 Å². The molecular weight excluding hydrogens is 609 g/mol. The van der Waals surface area contributed by atoms with Crippen molar-refractivity contribution in [3.8, 4) is 50.6 Å². The summed E-state index contributed by atoms with van der Waals surface area (Å²) in [6, 6.07) is 54.1. The fourth-order valence-corrected chi connectivity index (χ4v) is 7.15. The van der Waals surface area contributed by atoms with Gasteiger partial charge in [-0.25, -0.2) is 4.98 Å². The molecule has 0 aliphatic heterocycles. The first-order chi connectivity index (χ1) is 24.4. The van der Waals surface area contributed by atoms with E-state index in [1.165, 1.54) is 33.0 Å². The average Bonchev–Trinajstić information content (AvgIpc) is 3.73. The second kappa shape index (κ2) is 11.7. The summed E-state index contributed by atoms with van der Waals surface area (Å²) in [6.45, 7) is 6.82. The van der Waals surface area contributed by atoms with E-state index < -0.39 is 0 Å². The van der Waals surface area contributed by atoms with Gasteiger partial charge in [-0.3, -0.25) is 9.55 Å². The van der Waals surface area contributed by atoms with Crippen molar-refractivity contribution >= 4 is 32.8 Å². The number of benzene rings is 5. The smallest absolute Gasteiger partial charge is 0.147 e. The third-order valence-corrected chi connectivity index (χ3v) is 9.75. The van der Waals surface area contributed by atoms with Crippen molar-refractivity contribution in [1.82, 2.24) is 19.5 Å². The number of rotatable bonds is 5. The van der Waals surface area contributed by atoms with E-state index in [1.807, 2.05) is 18.3 Å². The number of H-pyrrole nitrogens is 1. The van der Waals surface area contributed by atoms with Gasteiger partial charge in [0.1, 0.15) is 11.5 Å². The lowest BCUT2D eigenvalue weighted by molar-refractivity contribution is 0.590. The van der Waals surface area contributed by atoms with E-state index in [2.05, 4.69) is 170 Å². The van der Waals surface area contributed by atoms with Crippen LogP contribution in [0, 0.1) is 0 Å². The predicted molar refractivity (Wildman–Crippen MR) is 209 cm³/mol. The van der Waals surface area contributed by atoms with Crippen molar-refractivity contribution < 1.29 is 0 Å². The number of nitrogens with zero attached hydrogens (tertiary/aromatic N) is 3. The third-order valence-electron chi connectivity index (χ3n) is 9.75. The summed E-state index contributed by atoms with van der Waals surface area (Å²) in [6.07, 6.45) is 1.86. The van der Waals surface area contributed by atoms with Gasteiger partial charge in [-0.2, -0.15) is 0 Å². The maximum atomic E-state index is 5.46. The van der Waals surface area contributed by atoms with Crippen molar-refractivity contribution in [2.45, 2.75) is 26.2 Å². The lowest BCUT2D eigenvalue weighted by atomic mass is 9.82. The minimum atomic E-state index is -0.00594. The van der Waals surface area contributed by atoms with Gasteiger partial charge in [-0.05, 0) is 93.9 Å². The van der Waals surface area contributed by atoms with E-state index in [0.717, 1.165) is 56.0 Å². The highest BCUT2D eigenvalue weighted by molar-refractivity contribution is 6.08. The summed E-state index contributed by atoms with van der Waals surface area (Å²) in [5.41, 5.74) is 13.1. The third kappa shape index (κ3) is 5.17. The highest BCUT2D eigenvalue weighted by atomic mass is 15.1. The monoisotopic (exact) mass is 644 g/mol. The highest BCUT2D eigenvalue weighted by Gasteiger charge is 2.20. The fourth-order valence-electron chi connectivity index (χ4n) is 7.15. The first-order valence-electron chi connectivity index (χ1n) is 17.2. The Morgan fingerprint density at radius 1 is 0.540 bits per heavy atom. The highest BCUT2D eigenvalue weighted by Crippen LogP contribution is 2.40. The topological polar surface area (TPSA) is 46.5 Å². The molecule has 9 rings (SSSR count). The summed E-state index contributed by atoms with van der Waals surface area (Å²) in [5.74, 6) is 0.997. The van der Waals surface area contributed by atoms with Crippen molar-refractivity contribution in [3.05, 3.63) is 163 Å². The molecule has 50 heavy (non-hydrogen) atoms. The molecule has 0 aliphatic carbocycles. The number of aromatic nitrogens is 4. The zero-order valence-electron chi connectivity index (χ0n) is 28.4. The van der Waals surface area contributed by atoms with Crippen LogP contribution in [0.4, 0.5) is 0 Å². The lowest BCUT2D eigenvalue weighted by Crippen LogP contribution is -2.11. The van der Waals surface area contributed by atoms with Gasteiger partial charge in [0.2, 0.25) is 0 Å². The summed E-state index contributed by atoms with van der Waals surface area (Å²) in [4.78, 5) is 13.9. The Morgan fingerprint density at radius 3 is 2.08 bits per heavy atom. The normalized spacial score (nSPS) is 11.9. The van der Waals surface area contributed by atoms with Gasteiger partial charge in [0.05, 0.1) is 16.9 Å². The van der Waals surface area contributed by atoms with E-state index in [1.54, 1.807) is 0 Å². The summed E-state index contributed by atoms with van der Waals surface area (Å²) in [5, 5.41) is 3.46. The van der Waals surface area contributed by atoms with Crippen molar-refractivity contribution in [1.29, 1.82) is 0 Å². The summed E-state index contributed by atoms with van der Waals surface area (Å²) in [7, 11) is 0. The molecule has 0 spiro atoms. The molecule has 0 amide bonds. The molecule has 0 aliphatic rings. The number of hydrogen-bond donors (Lipinski definition) is 1. The maximum Gasteiger partial charge on any atom is 0.147 e. The van der Waals surface area contributed by atoms with Crippen LogP contribution in [0.15, 0.2) is 158 Å². The van der Waals surface area contributed by atoms with E-state index >= 15 is 0 Å². The Bertz CT molecular complexity index is 2640. The molecule has 240 valence electrons. The molecule has 0 atom stereocenters. The number of hydrogen-bond acceptors (Lipinski definition) is 2. The van der Waals surface area contributed by atoms with Crippen molar-refractivity contribution in [2.24, 2.45) is 0 Å². The largest absolute Gasteiger partial charge is 0.341 e. The van der Waals surface area contributed by atoms with E-state index in [9.17, 15) is 0 Å². The molecule has 0 saturated carbocycles. The first kappa shape index (κ1) is 29.8. The quantitative estimate of drug-likeness (QED) is 0.203. The zero-order chi connectivity index (χ0) is 33.8. The number of aromatic amines is 1. The maximum absolute atomic E-state index is 5.46. The molecule has 4 nitrogen and oxygen atoms in total. The Hall–Kier alpha value is -6.26.